The first-order valence-corrected chi connectivity index (χ1v) is 9.86. The number of aromatic nitrogens is 5. The van der Waals surface area contributed by atoms with Crippen LogP contribution in [0.1, 0.15) is 11.4 Å². The Hall–Kier alpha value is -2.19. The first-order chi connectivity index (χ1) is 13.0. The van der Waals surface area contributed by atoms with Crippen LogP contribution in [0.15, 0.2) is 34.9 Å². The van der Waals surface area contributed by atoms with Gasteiger partial charge in [0.15, 0.2) is 11.6 Å². The van der Waals surface area contributed by atoms with Crippen LogP contribution >= 0.6 is 27.5 Å². The maximum Gasteiger partial charge on any atom is 0.176 e. The van der Waals surface area contributed by atoms with Crippen molar-refractivity contribution in [3.63, 3.8) is 0 Å². The van der Waals surface area contributed by atoms with Crippen molar-refractivity contribution in [3.8, 4) is 5.82 Å². The summed E-state index contributed by atoms with van der Waals surface area (Å²) in [6, 6.07) is 7.87. The summed E-state index contributed by atoms with van der Waals surface area (Å²) < 4.78 is 2.73. The molecule has 0 bridgehead atoms. The first-order valence-electron chi connectivity index (χ1n) is 8.69. The van der Waals surface area contributed by atoms with Crippen LogP contribution in [0.3, 0.4) is 0 Å². The number of halogens is 2. The lowest BCUT2D eigenvalue weighted by Gasteiger charge is -2.36. The van der Waals surface area contributed by atoms with E-state index in [0.717, 1.165) is 59.5 Å². The average molecular weight is 449 g/mol. The van der Waals surface area contributed by atoms with Crippen molar-refractivity contribution in [2.24, 2.45) is 0 Å². The minimum atomic E-state index is 0.627. The molecule has 9 heteroatoms. The van der Waals surface area contributed by atoms with E-state index in [1.54, 1.807) is 6.20 Å². The second-order valence-corrected chi connectivity index (χ2v) is 7.81. The molecule has 7 nitrogen and oxygen atoms in total. The van der Waals surface area contributed by atoms with Crippen LogP contribution in [0.2, 0.25) is 5.02 Å². The summed E-state index contributed by atoms with van der Waals surface area (Å²) in [6.45, 7) is 7.40. The smallest absolute Gasteiger partial charge is 0.176 e. The zero-order chi connectivity index (χ0) is 19.0. The fraction of sp³-hybridized carbons (Fsp3) is 0.333. The number of hydrogen-bond acceptors (Lipinski definition) is 6. The van der Waals surface area contributed by atoms with Crippen molar-refractivity contribution in [2.75, 3.05) is 36.0 Å². The number of pyridine rings is 1. The predicted molar refractivity (Wildman–Crippen MR) is 110 cm³/mol. The van der Waals surface area contributed by atoms with Crippen LogP contribution in [-0.2, 0) is 0 Å². The Morgan fingerprint density at radius 1 is 0.963 bits per heavy atom. The van der Waals surface area contributed by atoms with Crippen LogP contribution in [0, 0.1) is 13.8 Å². The zero-order valence-corrected chi connectivity index (χ0v) is 17.4. The molecule has 1 saturated heterocycles. The summed E-state index contributed by atoms with van der Waals surface area (Å²) in [5, 5.41) is 13.9. The molecule has 1 aliphatic rings. The lowest BCUT2D eigenvalue weighted by atomic mass is 10.3. The molecule has 4 heterocycles. The standard InChI is InChI=1S/C18H19BrClN7/c1-12-9-13(2)27(24-12)17-4-3-16(22-23-17)25-5-7-26(8-6-25)18-15(19)10-14(20)11-21-18/h3-4,9-11H,5-8H2,1-2H3. The third-order valence-electron chi connectivity index (χ3n) is 4.55. The Balaban J connectivity index is 1.44. The molecular weight excluding hydrogens is 430 g/mol. The average Bonchev–Trinajstić information content (AvgIpc) is 3.00. The van der Waals surface area contributed by atoms with E-state index in [1.165, 1.54) is 0 Å². The molecule has 0 unspecified atom stereocenters. The number of nitrogens with zero attached hydrogens (tertiary/aromatic N) is 7. The molecule has 1 fully saturated rings. The quantitative estimate of drug-likeness (QED) is 0.612. The highest BCUT2D eigenvalue weighted by atomic mass is 79.9. The normalized spacial score (nSPS) is 14.7. The molecule has 0 saturated carbocycles. The summed E-state index contributed by atoms with van der Waals surface area (Å²) in [7, 11) is 0. The molecule has 0 radical (unpaired) electrons. The molecule has 0 amide bonds. The van der Waals surface area contributed by atoms with Gasteiger partial charge in [0, 0.05) is 38.1 Å². The molecule has 3 aromatic rings. The van der Waals surface area contributed by atoms with Gasteiger partial charge >= 0.3 is 0 Å². The maximum absolute atomic E-state index is 5.99. The largest absolute Gasteiger partial charge is 0.352 e. The van der Waals surface area contributed by atoms with Gasteiger partial charge in [0.05, 0.1) is 15.2 Å². The van der Waals surface area contributed by atoms with Gasteiger partial charge in [-0.25, -0.2) is 9.67 Å². The number of anilines is 2. The summed E-state index contributed by atoms with van der Waals surface area (Å²) in [4.78, 5) is 8.92. The molecule has 0 atom stereocenters. The van der Waals surface area contributed by atoms with E-state index in [-0.39, 0.29) is 0 Å². The van der Waals surface area contributed by atoms with Crippen molar-refractivity contribution in [1.29, 1.82) is 0 Å². The van der Waals surface area contributed by atoms with Gasteiger partial charge < -0.3 is 9.80 Å². The summed E-state index contributed by atoms with van der Waals surface area (Å²) >= 11 is 9.53. The van der Waals surface area contributed by atoms with Crippen LogP contribution in [-0.4, -0.2) is 51.1 Å². The number of piperazine rings is 1. The van der Waals surface area contributed by atoms with Crippen LogP contribution in [0.5, 0.6) is 0 Å². The van der Waals surface area contributed by atoms with Gasteiger partial charge in [-0.15, -0.1) is 10.2 Å². The Labute approximate surface area is 171 Å². The molecule has 27 heavy (non-hydrogen) atoms. The Morgan fingerprint density at radius 3 is 2.22 bits per heavy atom. The zero-order valence-electron chi connectivity index (χ0n) is 15.1. The SMILES string of the molecule is Cc1cc(C)n(-c2ccc(N3CCN(c4ncc(Cl)cc4Br)CC3)nn2)n1. The van der Waals surface area contributed by atoms with Gasteiger partial charge in [0.25, 0.3) is 0 Å². The van der Waals surface area contributed by atoms with Crippen LogP contribution in [0.25, 0.3) is 5.82 Å². The molecule has 0 spiro atoms. The van der Waals surface area contributed by atoms with Crippen LogP contribution in [0.4, 0.5) is 11.6 Å². The number of rotatable bonds is 3. The van der Waals surface area contributed by atoms with Crippen LogP contribution < -0.4 is 9.80 Å². The molecule has 0 N–H and O–H groups in total. The molecule has 0 aromatic carbocycles. The van der Waals surface area contributed by atoms with Crippen molar-refractivity contribution in [2.45, 2.75) is 13.8 Å². The van der Waals surface area contributed by atoms with E-state index in [0.29, 0.717) is 5.02 Å². The third-order valence-corrected chi connectivity index (χ3v) is 5.34. The second kappa shape index (κ2) is 7.44. The van der Waals surface area contributed by atoms with E-state index in [4.69, 9.17) is 11.6 Å². The maximum atomic E-state index is 5.99. The van der Waals surface area contributed by atoms with Gasteiger partial charge in [-0.3, -0.25) is 0 Å². The van der Waals surface area contributed by atoms with Crippen molar-refractivity contribution in [3.05, 3.63) is 51.3 Å². The van der Waals surface area contributed by atoms with Crippen molar-refractivity contribution >= 4 is 39.2 Å². The Bertz CT molecular complexity index is 949. The highest BCUT2D eigenvalue weighted by Gasteiger charge is 2.21. The van der Waals surface area contributed by atoms with Crippen molar-refractivity contribution in [1.82, 2.24) is 25.0 Å². The van der Waals surface area contributed by atoms with Gasteiger partial charge in [-0.05, 0) is 54.0 Å². The molecule has 1 aliphatic heterocycles. The second-order valence-electron chi connectivity index (χ2n) is 6.52. The van der Waals surface area contributed by atoms with Gasteiger partial charge in [-0.2, -0.15) is 5.10 Å². The Kier molecular flexibility index (Phi) is 5.01. The lowest BCUT2D eigenvalue weighted by Crippen LogP contribution is -2.47. The van der Waals surface area contributed by atoms with E-state index in [1.807, 2.05) is 42.8 Å². The monoisotopic (exact) mass is 447 g/mol. The van der Waals surface area contributed by atoms with Gasteiger partial charge in [0.1, 0.15) is 5.82 Å². The Morgan fingerprint density at radius 2 is 1.63 bits per heavy atom. The minimum absolute atomic E-state index is 0.627. The van der Waals surface area contributed by atoms with E-state index >= 15 is 0 Å². The molecule has 3 aromatic heterocycles. The summed E-state index contributed by atoms with van der Waals surface area (Å²) in [5.41, 5.74) is 2.01. The van der Waals surface area contributed by atoms with Crippen molar-refractivity contribution < 1.29 is 0 Å². The van der Waals surface area contributed by atoms with Gasteiger partial charge in [0.2, 0.25) is 0 Å². The molecule has 4 rings (SSSR count). The van der Waals surface area contributed by atoms with E-state index in [9.17, 15) is 0 Å². The molecule has 0 aliphatic carbocycles. The topological polar surface area (TPSA) is 63.0 Å². The fourth-order valence-corrected chi connectivity index (χ4v) is 4.14. The number of aryl methyl sites for hydroxylation is 2. The lowest BCUT2D eigenvalue weighted by molar-refractivity contribution is 0.635. The first kappa shape index (κ1) is 18.2. The molecular formula is C18H19BrClN7. The minimum Gasteiger partial charge on any atom is -0.352 e. The highest BCUT2D eigenvalue weighted by molar-refractivity contribution is 9.10. The third kappa shape index (κ3) is 3.77. The van der Waals surface area contributed by atoms with Gasteiger partial charge in [-0.1, -0.05) is 11.6 Å². The summed E-state index contributed by atoms with van der Waals surface area (Å²) in [5.74, 6) is 2.53. The van der Waals surface area contributed by atoms with E-state index < -0.39 is 0 Å². The number of hydrogen-bond donors (Lipinski definition) is 0. The fourth-order valence-electron chi connectivity index (χ4n) is 3.25. The van der Waals surface area contributed by atoms with E-state index in [2.05, 4.69) is 46.0 Å². The highest BCUT2D eigenvalue weighted by Crippen LogP contribution is 2.27. The predicted octanol–water partition coefficient (Wildman–Crippen LogP) is 3.42. The molecule has 140 valence electrons. The summed E-state index contributed by atoms with van der Waals surface area (Å²) in [6.07, 6.45) is 1.68.